The van der Waals surface area contributed by atoms with Crippen LogP contribution in [0.15, 0.2) is 42.5 Å². The fraction of sp³-hybridized carbons (Fsp3) is 0.278. The first-order valence-corrected chi connectivity index (χ1v) is 8.03. The number of hydrogen-bond donors (Lipinski definition) is 2. The van der Waals surface area contributed by atoms with Crippen molar-refractivity contribution in [3.8, 4) is 5.75 Å². The number of benzene rings is 2. The highest BCUT2D eigenvalue weighted by Gasteiger charge is 2.05. The molecular formula is C18H21FN2OS. The van der Waals surface area contributed by atoms with Gasteiger partial charge in [-0.25, -0.2) is 4.39 Å². The van der Waals surface area contributed by atoms with Gasteiger partial charge in [-0.3, -0.25) is 0 Å². The third kappa shape index (κ3) is 5.21. The van der Waals surface area contributed by atoms with E-state index < -0.39 is 5.82 Å². The van der Waals surface area contributed by atoms with Crippen molar-refractivity contribution in [3.63, 3.8) is 0 Å². The van der Waals surface area contributed by atoms with E-state index in [1.54, 1.807) is 12.1 Å². The lowest BCUT2D eigenvalue weighted by atomic mass is 10.1. The molecule has 3 nitrogen and oxygen atoms in total. The third-order valence-corrected chi connectivity index (χ3v) is 3.64. The van der Waals surface area contributed by atoms with Crippen molar-refractivity contribution < 1.29 is 9.13 Å². The van der Waals surface area contributed by atoms with E-state index in [0.717, 1.165) is 12.1 Å². The van der Waals surface area contributed by atoms with E-state index in [4.69, 9.17) is 17.0 Å². The highest BCUT2D eigenvalue weighted by Crippen LogP contribution is 2.21. The van der Waals surface area contributed by atoms with E-state index in [1.807, 2.05) is 12.1 Å². The molecule has 0 fully saturated rings. The standard InChI is InChI=1S/C18H21FN2OS/c1-3-4-5-13-6-8-14(9-7-13)20-18(23)21-15-10-11-17(22-2)16(19)12-15/h6-12H,3-5H2,1-2H3,(H2,20,21,23). The number of thiocarbonyl (C=S) groups is 1. The molecule has 0 unspecified atom stereocenters. The molecule has 0 saturated carbocycles. The van der Waals surface area contributed by atoms with Crippen molar-refractivity contribution in [2.75, 3.05) is 17.7 Å². The fourth-order valence-electron chi connectivity index (χ4n) is 2.17. The maximum atomic E-state index is 13.6. The molecule has 0 amide bonds. The van der Waals surface area contributed by atoms with Gasteiger partial charge in [0.2, 0.25) is 0 Å². The molecule has 0 saturated heterocycles. The van der Waals surface area contributed by atoms with E-state index in [0.29, 0.717) is 10.8 Å². The Labute approximate surface area is 141 Å². The Morgan fingerprint density at radius 1 is 1.09 bits per heavy atom. The highest BCUT2D eigenvalue weighted by molar-refractivity contribution is 7.80. The predicted molar refractivity (Wildman–Crippen MR) is 97.8 cm³/mol. The van der Waals surface area contributed by atoms with Crippen molar-refractivity contribution in [2.24, 2.45) is 0 Å². The van der Waals surface area contributed by atoms with Gasteiger partial charge in [0.25, 0.3) is 0 Å². The molecule has 122 valence electrons. The Morgan fingerprint density at radius 2 is 1.74 bits per heavy atom. The molecule has 0 aliphatic rings. The summed E-state index contributed by atoms with van der Waals surface area (Å²) in [6.45, 7) is 2.18. The smallest absolute Gasteiger partial charge is 0.175 e. The molecule has 2 aromatic rings. The first-order valence-electron chi connectivity index (χ1n) is 7.63. The minimum atomic E-state index is -0.430. The summed E-state index contributed by atoms with van der Waals surface area (Å²) < 4.78 is 18.5. The molecule has 2 aromatic carbocycles. The van der Waals surface area contributed by atoms with E-state index in [-0.39, 0.29) is 5.75 Å². The summed E-state index contributed by atoms with van der Waals surface area (Å²) in [5, 5.41) is 6.46. The van der Waals surface area contributed by atoms with Crippen LogP contribution >= 0.6 is 12.2 Å². The number of halogens is 1. The van der Waals surface area contributed by atoms with E-state index in [1.165, 1.54) is 31.6 Å². The SMILES string of the molecule is CCCCc1ccc(NC(=S)Nc2ccc(OC)c(F)c2)cc1. The second kappa shape index (κ2) is 8.48. The molecule has 0 spiro atoms. The normalized spacial score (nSPS) is 10.2. The maximum Gasteiger partial charge on any atom is 0.175 e. The van der Waals surface area contributed by atoms with Gasteiger partial charge in [-0.15, -0.1) is 0 Å². The van der Waals surface area contributed by atoms with Crippen LogP contribution in [-0.2, 0) is 6.42 Å². The fourth-order valence-corrected chi connectivity index (χ4v) is 2.41. The average Bonchev–Trinajstić information content (AvgIpc) is 2.54. The first-order chi connectivity index (χ1) is 11.1. The quantitative estimate of drug-likeness (QED) is 0.731. The summed E-state index contributed by atoms with van der Waals surface area (Å²) in [5.41, 5.74) is 2.78. The van der Waals surface area contributed by atoms with Crippen molar-refractivity contribution in [2.45, 2.75) is 26.2 Å². The van der Waals surface area contributed by atoms with Crippen molar-refractivity contribution in [1.29, 1.82) is 0 Å². The van der Waals surface area contributed by atoms with Gasteiger partial charge in [0.15, 0.2) is 16.7 Å². The summed E-state index contributed by atoms with van der Waals surface area (Å²) in [5.74, 6) is -0.224. The molecule has 0 aromatic heterocycles. The Kier molecular flexibility index (Phi) is 6.35. The van der Waals surface area contributed by atoms with Crippen molar-refractivity contribution in [1.82, 2.24) is 0 Å². The van der Waals surface area contributed by atoms with Crippen molar-refractivity contribution in [3.05, 3.63) is 53.8 Å². The number of unbranched alkanes of at least 4 members (excludes halogenated alkanes) is 1. The monoisotopic (exact) mass is 332 g/mol. The topological polar surface area (TPSA) is 33.3 Å². The molecule has 0 heterocycles. The van der Waals surface area contributed by atoms with Gasteiger partial charge in [0, 0.05) is 17.4 Å². The Morgan fingerprint density at radius 3 is 2.35 bits per heavy atom. The number of ether oxygens (including phenoxy) is 1. The summed E-state index contributed by atoms with van der Waals surface area (Å²) in [7, 11) is 1.43. The Balaban J connectivity index is 1.92. The lowest BCUT2D eigenvalue weighted by molar-refractivity contribution is 0.387. The number of nitrogens with one attached hydrogen (secondary N) is 2. The summed E-state index contributed by atoms with van der Waals surface area (Å²) >= 11 is 5.25. The summed E-state index contributed by atoms with van der Waals surface area (Å²) in [6, 6.07) is 12.8. The van der Waals surface area contributed by atoms with Crippen LogP contribution in [-0.4, -0.2) is 12.2 Å². The number of methoxy groups -OCH3 is 1. The molecule has 2 N–H and O–H groups in total. The third-order valence-electron chi connectivity index (χ3n) is 3.44. The van der Waals surface area contributed by atoms with Gasteiger partial charge in [-0.05, 0) is 54.9 Å². The average molecular weight is 332 g/mol. The van der Waals surface area contributed by atoms with Crippen LogP contribution in [0.3, 0.4) is 0 Å². The van der Waals surface area contributed by atoms with Crippen LogP contribution < -0.4 is 15.4 Å². The van der Waals surface area contributed by atoms with Gasteiger partial charge in [0.1, 0.15) is 0 Å². The van der Waals surface area contributed by atoms with Crippen LogP contribution in [0, 0.1) is 5.82 Å². The maximum absolute atomic E-state index is 13.6. The van der Waals surface area contributed by atoms with Gasteiger partial charge in [-0.2, -0.15) is 0 Å². The zero-order valence-electron chi connectivity index (χ0n) is 13.4. The highest BCUT2D eigenvalue weighted by atomic mass is 32.1. The minimum Gasteiger partial charge on any atom is -0.494 e. The van der Waals surface area contributed by atoms with Gasteiger partial charge < -0.3 is 15.4 Å². The molecule has 5 heteroatoms. The van der Waals surface area contributed by atoms with Crippen LogP contribution in [0.2, 0.25) is 0 Å². The molecule has 0 atom stereocenters. The molecule has 0 aliphatic carbocycles. The summed E-state index contributed by atoms with van der Waals surface area (Å²) in [4.78, 5) is 0. The molecular weight excluding hydrogens is 311 g/mol. The molecule has 0 radical (unpaired) electrons. The van der Waals surface area contributed by atoms with Crippen molar-refractivity contribution >= 4 is 28.7 Å². The number of aryl methyl sites for hydroxylation is 1. The first kappa shape index (κ1) is 17.2. The zero-order valence-corrected chi connectivity index (χ0v) is 14.2. The summed E-state index contributed by atoms with van der Waals surface area (Å²) in [6.07, 6.45) is 3.47. The van der Waals surface area contributed by atoms with Crippen LogP contribution in [0.1, 0.15) is 25.3 Å². The molecule has 23 heavy (non-hydrogen) atoms. The number of rotatable bonds is 6. The number of hydrogen-bond acceptors (Lipinski definition) is 2. The van der Waals surface area contributed by atoms with Gasteiger partial charge in [-0.1, -0.05) is 25.5 Å². The van der Waals surface area contributed by atoms with Crippen LogP contribution in [0.4, 0.5) is 15.8 Å². The minimum absolute atomic E-state index is 0.206. The van der Waals surface area contributed by atoms with Gasteiger partial charge >= 0.3 is 0 Å². The molecule has 0 bridgehead atoms. The van der Waals surface area contributed by atoms with E-state index in [2.05, 4.69) is 29.7 Å². The van der Waals surface area contributed by atoms with Crippen LogP contribution in [0.5, 0.6) is 5.75 Å². The largest absolute Gasteiger partial charge is 0.494 e. The van der Waals surface area contributed by atoms with Crippen LogP contribution in [0.25, 0.3) is 0 Å². The Hall–Kier alpha value is -2.14. The van der Waals surface area contributed by atoms with E-state index in [9.17, 15) is 4.39 Å². The number of anilines is 2. The molecule has 0 aliphatic heterocycles. The predicted octanol–water partition coefficient (Wildman–Crippen LogP) is 4.99. The Bertz CT molecular complexity index is 659. The lowest BCUT2D eigenvalue weighted by Crippen LogP contribution is -2.19. The van der Waals surface area contributed by atoms with E-state index >= 15 is 0 Å². The van der Waals surface area contributed by atoms with Gasteiger partial charge in [0.05, 0.1) is 7.11 Å². The zero-order chi connectivity index (χ0) is 16.7. The lowest BCUT2D eigenvalue weighted by Gasteiger charge is -2.12. The second-order valence-corrected chi connectivity index (χ2v) is 5.64. The second-order valence-electron chi connectivity index (χ2n) is 5.23. The molecule has 2 rings (SSSR count).